The van der Waals surface area contributed by atoms with Gasteiger partial charge in [0.25, 0.3) is 0 Å². The third kappa shape index (κ3) is 3.54. The SMILES string of the molecule is CN1CCCN(c2cc(C(F)(F)F)cc(NN)n2)CC1=O. The molecule has 1 aliphatic heterocycles. The van der Waals surface area contributed by atoms with Crippen molar-refractivity contribution in [3.8, 4) is 0 Å². The number of nitrogens with two attached hydrogens (primary N) is 1. The van der Waals surface area contributed by atoms with E-state index in [-0.39, 0.29) is 24.1 Å². The average molecular weight is 303 g/mol. The minimum Gasteiger partial charge on any atom is -0.347 e. The fourth-order valence-electron chi connectivity index (χ4n) is 2.10. The van der Waals surface area contributed by atoms with E-state index in [4.69, 9.17) is 5.84 Å². The first-order valence-corrected chi connectivity index (χ1v) is 6.36. The number of carbonyl (C=O) groups is 1. The van der Waals surface area contributed by atoms with Crippen molar-refractivity contribution in [3.05, 3.63) is 17.7 Å². The molecule has 2 rings (SSSR count). The molecule has 0 unspecified atom stereocenters. The van der Waals surface area contributed by atoms with Crippen LogP contribution in [0.25, 0.3) is 0 Å². The van der Waals surface area contributed by atoms with Crippen molar-refractivity contribution in [3.63, 3.8) is 0 Å². The van der Waals surface area contributed by atoms with Gasteiger partial charge in [-0.05, 0) is 18.6 Å². The van der Waals surface area contributed by atoms with Crippen molar-refractivity contribution in [2.75, 3.05) is 37.0 Å². The topological polar surface area (TPSA) is 74.5 Å². The van der Waals surface area contributed by atoms with Crippen LogP contribution in [0.15, 0.2) is 12.1 Å². The van der Waals surface area contributed by atoms with Crippen LogP contribution in [0.3, 0.4) is 0 Å². The third-order valence-electron chi connectivity index (χ3n) is 3.28. The second kappa shape index (κ2) is 5.76. The van der Waals surface area contributed by atoms with Crippen molar-refractivity contribution < 1.29 is 18.0 Å². The van der Waals surface area contributed by atoms with Crippen LogP contribution in [0, 0.1) is 0 Å². The number of rotatable bonds is 2. The Morgan fingerprint density at radius 3 is 2.67 bits per heavy atom. The molecule has 1 aliphatic rings. The number of alkyl halides is 3. The molecule has 1 aromatic heterocycles. The molecule has 1 fully saturated rings. The molecule has 2 heterocycles. The first kappa shape index (κ1) is 15.4. The van der Waals surface area contributed by atoms with Gasteiger partial charge in [-0.1, -0.05) is 0 Å². The molecule has 0 atom stereocenters. The number of halogens is 3. The Labute approximate surface area is 119 Å². The summed E-state index contributed by atoms with van der Waals surface area (Å²) < 4.78 is 38.6. The Morgan fingerprint density at radius 1 is 1.33 bits per heavy atom. The zero-order chi connectivity index (χ0) is 15.6. The highest BCUT2D eigenvalue weighted by molar-refractivity contribution is 5.81. The normalized spacial score (nSPS) is 16.9. The summed E-state index contributed by atoms with van der Waals surface area (Å²) in [5, 5.41) is 0. The Morgan fingerprint density at radius 2 is 2.05 bits per heavy atom. The van der Waals surface area contributed by atoms with Gasteiger partial charge in [-0.3, -0.25) is 4.79 Å². The van der Waals surface area contributed by atoms with Crippen molar-refractivity contribution in [1.29, 1.82) is 0 Å². The van der Waals surface area contributed by atoms with Gasteiger partial charge in [0.2, 0.25) is 5.91 Å². The molecule has 116 valence electrons. The largest absolute Gasteiger partial charge is 0.416 e. The zero-order valence-electron chi connectivity index (χ0n) is 11.4. The van der Waals surface area contributed by atoms with E-state index in [1.165, 1.54) is 4.90 Å². The van der Waals surface area contributed by atoms with Crippen LogP contribution in [0.5, 0.6) is 0 Å². The van der Waals surface area contributed by atoms with Gasteiger partial charge in [0.15, 0.2) is 0 Å². The molecule has 3 N–H and O–H groups in total. The number of likely N-dealkylation sites (N-methyl/N-ethyl adjacent to an activating group) is 1. The van der Waals surface area contributed by atoms with E-state index in [9.17, 15) is 18.0 Å². The highest BCUT2D eigenvalue weighted by Gasteiger charge is 2.32. The summed E-state index contributed by atoms with van der Waals surface area (Å²) in [7, 11) is 1.66. The predicted molar refractivity (Wildman–Crippen MR) is 71.5 cm³/mol. The number of aromatic nitrogens is 1. The quantitative estimate of drug-likeness (QED) is 0.631. The molecule has 0 aliphatic carbocycles. The summed E-state index contributed by atoms with van der Waals surface area (Å²) in [6, 6.07) is 1.76. The number of hydrogen-bond donors (Lipinski definition) is 2. The van der Waals surface area contributed by atoms with Crippen LogP contribution in [0.4, 0.5) is 24.8 Å². The van der Waals surface area contributed by atoms with Crippen LogP contribution >= 0.6 is 0 Å². The second-order valence-corrected chi connectivity index (χ2v) is 4.83. The minimum atomic E-state index is -4.50. The van der Waals surface area contributed by atoms with Crippen LogP contribution in [0.1, 0.15) is 12.0 Å². The van der Waals surface area contributed by atoms with Gasteiger partial charge in [0, 0.05) is 20.1 Å². The van der Waals surface area contributed by atoms with E-state index in [0.29, 0.717) is 19.5 Å². The molecule has 6 nitrogen and oxygen atoms in total. The summed E-state index contributed by atoms with van der Waals surface area (Å²) in [5.41, 5.74) is 1.27. The third-order valence-corrected chi connectivity index (χ3v) is 3.28. The Kier molecular flexibility index (Phi) is 4.21. The molecule has 9 heteroatoms. The molecule has 0 radical (unpaired) electrons. The van der Waals surface area contributed by atoms with Gasteiger partial charge >= 0.3 is 6.18 Å². The maximum absolute atomic E-state index is 12.9. The lowest BCUT2D eigenvalue weighted by Crippen LogP contribution is -2.35. The van der Waals surface area contributed by atoms with Gasteiger partial charge in [-0.15, -0.1) is 0 Å². The Bertz CT molecular complexity index is 534. The van der Waals surface area contributed by atoms with Gasteiger partial charge in [0.05, 0.1) is 12.1 Å². The molecule has 1 aromatic rings. The van der Waals surface area contributed by atoms with Gasteiger partial charge in [-0.25, -0.2) is 10.8 Å². The highest BCUT2D eigenvalue weighted by Crippen LogP contribution is 2.33. The molecule has 21 heavy (non-hydrogen) atoms. The summed E-state index contributed by atoms with van der Waals surface area (Å²) in [6.07, 6.45) is -3.85. The fourth-order valence-corrected chi connectivity index (χ4v) is 2.10. The summed E-state index contributed by atoms with van der Waals surface area (Å²) in [5.74, 6) is 5.00. The molecule has 1 amide bonds. The van der Waals surface area contributed by atoms with E-state index >= 15 is 0 Å². The standard InChI is InChI=1S/C12H16F3N5O/c1-19-3-2-4-20(7-11(19)21)10-6-8(12(13,14)15)5-9(17-10)18-16/h5-6H,2-4,7,16H2,1H3,(H,17,18). The number of anilines is 2. The first-order valence-electron chi connectivity index (χ1n) is 6.36. The maximum Gasteiger partial charge on any atom is 0.416 e. The van der Waals surface area contributed by atoms with Crippen molar-refractivity contribution in [1.82, 2.24) is 9.88 Å². The number of nitrogens with one attached hydrogen (secondary N) is 1. The number of carbonyl (C=O) groups excluding carboxylic acids is 1. The van der Waals surface area contributed by atoms with Crippen molar-refractivity contribution in [2.45, 2.75) is 12.6 Å². The lowest BCUT2D eigenvalue weighted by molar-refractivity contribution is -0.137. The second-order valence-electron chi connectivity index (χ2n) is 4.83. The zero-order valence-corrected chi connectivity index (χ0v) is 11.4. The van der Waals surface area contributed by atoms with Crippen LogP contribution < -0.4 is 16.2 Å². The number of hydrazine groups is 1. The van der Waals surface area contributed by atoms with E-state index in [2.05, 4.69) is 10.4 Å². The number of hydrogen-bond acceptors (Lipinski definition) is 5. The molecule has 0 spiro atoms. The van der Waals surface area contributed by atoms with E-state index < -0.39 is 11.7 Å². The average Bonchev–Trinajstić information content (AvgIpc) is 2.60. The maximum atomic E-state index is 12.9. The molecule has 1 saturated heterocycles. The van der Waals surface area contributed by atoms with Crippen molar-refractivity contribution >= 4 is 17.5 Å². The number of nitrogen functional groups attached to an aromatic ring is 1. The minimum absolute atomic E-state index is 0.00514. The van der Waals surface area contributed by atoms with Gasteiger partial charge in [0.1, 0.15) is 11.6 Å². The lowest BCUT2D eigenvalue weighted by atomic mass is 10.2. The smallest absolute Gasteiger partial charge is 0.347 e. The Hall–Kier alpha value is -2.03. The number of pyridine rings is 1. The van der Waals surface area contributed by atoms with E-state index in [0.717, 1.165) is 12.1 Å². The van der Waals surface area contributed by atoms with Gasteiger partial charge < -0.3 is 15.2 Å². The summed E-state index contributed by atoms with van der Waals surface area (Å²) in [6.45, 7) is 1.01. The number of nitrogens with zero attached hydrogens (tertiary/aromatic N) is 3. The molecular formula is C12H16F3N5O. The van der Waals surface area contributed by atoms with E-state index in [1.54, 1.807) is 11.9 Å². The van der Waals surface area contributed by atoms with Crippen LogP contribution in [-0.4, -0.2) is 42.5 Å². The van der Waals surface area contributed by atoms with Crippen molar-refractivity contribution in [2.24, 2.45) is 5.84 Å². The van der Waals surface area contributed by atoms with Crippen LogP contribution in [-0.2, 0) is 11.0 Å². The monoisotopic (exact) mass is 303 g/mol. The first-order chi connectivity index (χ1) is 9.81. The van der Waals surface area contributed by atoms with Gasteiger partial charge in [-0.2, -0.15) is 13.2 Å². The van der Waals surface area contributed by atoms with Crippen LogP contribution in [0.2, 0.25) is 0 Å². The molecule has 0 aromatic carbocycles. The lowest BCUT2D eigenvalue weighted by Gasteiger charge is -2.22. The molecule has 0 saturated carbocycles. The predicted octanol–water partition coefficient (Wildman–Crippen LogP) is 1.05. The summed E-state index contributed by atoms with van der Waals surface area (Å²) in [4.78, 5) is 18.9. The summed E-state index contributed by atoms with van der Waals surface area (Å²) >= 11 is 0. The van der Waals surface area contributed by atoms with E-state index in [1.807, 2.05) is 0 Å². The fraction of sp³-hybridized carbons (Fsp3) is 0.500. The Balaban J connectivity index is 2.36. The molecular weight excluding hydrogens is 287 g/mol. The molecule has 0 bridgehead atoms. The number of amides is 1. The highest BCUT2D eigenvalue weighted by atomic mass is 19.4.